The molecular formula is C23H26O11S. The van der Waals surface area contributed by atoms with Crippen LogP contribution in [0.3, 0.4) is 0 Å². The largest absolute Gasteiger partial charge is 0.463 e. The number of hydrogen-bond donors (Lipinski definition) is 1. The van der Waals surface area contributed by atoms with Crippen LogP contribution in [-0.4, -0.2) is 66.3 Å². The maximum atomic E-state index is 11.9. The molecule has 2 heterocycles. The van der Waals surface area contributed by atoms with Crippen LogP contribution in [0.2, 0.25) is 0 Å². The molecule has 0 aliphatic carbocycles. The number of aliphatic hydroxyl groups is 1. The van der Waals surface area contributed by atoms with E-state index in [0.29, 0.717) is 16.0 Å². The number of thiophene rings is 1. The van der Waals surface area contributed by atoms with E-state index in [1.807, 2.05) is 6.07 Å². The Hall–Kier alpha value is -3.22. The standard InChI is InChI=1S/C23H26O11S/c1-11(25)29-10-18-20(30-12(2)26)21(31-13(3)27)22(32-14(4)28)23(34-18)33-17-6-5-7-19-16(17)8-15(9-24)35-19/h5-8,18,20-24H,9-10H2,1-4H3/t18-,20+,21+,22-,23-/m1/s1. The summed E-state index contributed by atoms with van der Waals surface area (Å²) in [5, 5.41) is 10.2. The Morgan fingerprint density at radius 2 is 1.54 bits per heavy atom. The summed E-state index contributed by atoms with van der Waals surface area (Å²) in [6.45, 7) is 4.13. The molecule has 0 radical (unpaired) electrons. The van der Waals surface area contributed by atoms with Crippen molar-refractivity contribution in [3.05, 3.63) is 29.1 Å². The normalized spacial score (nSPS) is 23.9. The van der Waals surface area contributed by atoms with Gasteiger partial charge in [0.05, 0.1) is 6.61 Å². The Labute approximate surface area is 204 Å². The van der Waals surface area contributed by atoms with Crippen LogP contribution in [0.15, 0.2) is 24.3 Å². The predicted molar refractivity (Wildman–Crippen MR) is 120 cm³/mol. The highest BCUT2D eigenvalue weighted by Crippen LogP contribution is 2.36. The van der Waals surface area contributed by atoms with Crippen LogP contribution in [0.5, 0.6) is 5.75 Å². The molecule has 0 saturated carbocycles. The van der Waals surface area contributed by atoms with E-state index in [4.69, 9.17) is 28.4 Å². The molecule has 1 aliphatic heterocycles. The van der Waals surface area contributed by atoms with E-state index >= 15 is 0 Å². The molecule has 5 atom stereocenters. The van der Waals surface area contributed by atoms with Gasteiger partial charge in [-0.25, -0.2) is 0 Å². The fraction of sp³-hybridized carbons (Fsp3) is 0.478. The van der Waals surface area contributed by atoms with Gasteiger partial charge in [0.25, 0.3) is 0 Å². The predicted octanol–water partition coefficient (Wildman–Crippen LogP) is 1.86. The highest BCUT2D eigenvalue weighted by atomic mass is 32.1. The highest BCUT2D eigenvalue weighted by molar-refractivity contribution is 7.19. The van der Waals surface area contributed by atoms with Crippen molar-refractivity contribution >= 4 is 45.3 Å². The van der Waals surface area contributed by atoms with Crippen molar-refractivity contribution < 1.29 is 52.7 Å². The lowest BCUT2D eigenvalue weighted by atomic mass is 9.98. The smallest absolute Gasteiger partial charge is 0.303 e. The molecule has 3 rings (SSSR count). The lowest BCUT2D eigenvalue weighted by Gasteiger charge is -2.43. The van der Waals surface area contributed by atoms with Gasteiger partial charge in [-0.15, -0.1) is 11.3 Å². The van der Waals surface area contributed by atoms with Gasteiger partial charge in [-0.1, -0.05) is 6.07 Å². The first-order chi connectivity index (χ1) is 16.6. The molecule has 0 unspecified atom stereocenters. The van der Waals surface area contributed by atoms with Gasteiger partial charge in [-0.2, -0.15) is 0 Å². The number of esters is 4. The minimum absolute atomic E-state index is 0.155. The molecule has 1 aromatic heterocycles. The van der Waals surface area contributed by atoms with E-state index in [9.17, 15) is 24.3 Å². The highest BCUT2D eigenvalue weighted by Gasteiger charge is 2.53. The van der Waals surface area contributed by atoms with Crippen LogP contribution in [0, 0.1) is 0 Å². The topological polar surface area (TPSA) is 144 Å². The molecular weight excluding hydrogens is 484 g/mol. The molecule has 0 bridgehead atoms. The van der Waals surface area contributed by atoms with Crippen LogP contribution in [-0.2, 0) is 49.5 Å². The monoisotopic (exact) mass is 510 g/mol. The third-order valence-corrected chi connectivity index (χ3v) is 6.00. The van der Waals surface area contributed by atoms with E-state index in [1.54, 1.807) is 18.2 Å². The molecule has 0 spiro atoms. The molecule has 1 fully saturated rings. The SMILES string of the molecule is CC(=O)OC[C@H]1O[C@@H](Oc2cccc3sc(CO)cc23)[C@H](OC(C)=O)[C@@H](OC(C)=O)[C@H]1OC(C)=O. The third-order valence-electron chi connectivity index (χ3n) is 4.92. The van der Waals surface area contributed by atoms with Gasteiger partial charge in [0.1, 0.15) is 18.5 Å². The summed E-state index contributed by atoms with van der Waals surface area (Å²) < 4.78 is 34.1. The first kappa shape index (κ1) is 26.4. The quantitative estimate of drug-likeness (QED) is 0.410. The Morgan fingerprint density at radius 3 is 2.14 bits per heavy atom. The molecule has 0 amide bonds. The minimum atomic E-state index is -1.33. The fourth-order valence-corrected chi connectivity index (χ4v) is 4.62. The summed E-state index contributed by atoms with van der Waals surface area (Å²) >= 11 is 1.37. The van der Waals surface area contributed by atoms with Crippen LogP contribution in [0.1, 0.15) is 32.6 Å². The maximum absolute atomic E-state index is 11.9. The molecule has 12 heteroatoms. The van der Waals surface area contributed by atoms with Gasteiger partial charge >= 0.3 is 23.9 Å². The van der Waals surface area contributed by atoms with Crippen molar-refractivity contribution in [3.63, 3.8) is 0 Å². The van der Waals surface area contributed by atoms with Crippen LogP contribution >= 0.6 is 11.3 Å². The number of carbonyl (C=O) groups is 4. The lowest BCUT2D eigenvalue weighted by molar-refractivity contribution is -0.288. The van der Waals surface area contributed by atoms with Crippen molar-refractivity contribution in [3.8, 4) is 5.75 Å². The molecule has 35 heavy (non-hydrogen) atoms. The Bertz CT molecular complexity index is 1090. The van der Waals surface area contributed by atoms with Crippen molar-refractivity contribution in [2.45, 2.75) is 65.0 Å². The van der Waals surface area contributed by atoms with Gasteiger partial charge in [0.2, 0.25) is 12.4 Å². The van der Waals surface area contributed by atoms with E-state index in [0.717, 1.165) is 25.5 Å². The molecule has 190 valence electrons. The van der Waals surface area contributed by atoms with Crippen molar-refractivity contribution in [1.29, 1.82) is 0 Å². The summed E-state index contributed by atoms with van der Waals surface area (Å²) in [5.74, 6) is -2.44. The number of benzene rings is 1. The summed E-state index contributed by atoms with van der Waals surface area (Å²) in [4.78, 5) is 47.8. The van der Waals surface area contributed by atoms with Gasteiger partial charge in [-0.05, 0) is 18.2 Å². The van der Waals surface area contributed by atoms with Gasteiger partial charge in [0.15, 0.2) is 12.2 Å². The number of hydrogen-bond acceptors (Lipinski definition) is 12. The third kappa shape index (κ3) is 6.68. The van der Waals surface area contributed by atoms with Crippen LogP contribution < -0.4 is 4.74 Å². The fourth-order valence-electron chi connectivity index (χ4n) is 3.68. The minimum Gasteiger partial charge on any atom is -0.463 e. The van der Waals surface area contributed by atoms with E-state index < -0.39 is 54.6 Å². The second-order valence-electron chi connectivity index (χ2n) is 7.72. The molecule has 2 aromatic rings. The van der Waals surface area contributed by atoms with Gasteiger partial charge in [0, 0.05) is 42.7 Å². The molecule has 11 nitrogen and oxygen atoms in total. The first-order valence-corrected chi connectivity index (χ1v) is 11.5. The lowest BCUT2D eigenvalue weighted by Crippen LogP contribution is -2.63. The van der Waals surface area contributed by atoms with E-state index in [2.05, 4.69) is 0 Å². The summed E-state index contributed by atoms with van der Waals surface area (Å²) in [6.07, 6.45) is -6.37. The Morgan fingerprint density at radius 1 is 0.914 bits per heavy atom. The average Bonchev–Trinajstić information content (AvgIpc) is 3.20. The number of rotatable bonds is 8. The first-order valence-electron chi connectivity index (χ1n) is 10.7. The second-order valence-corrected chi connectivity index (χ2v) is 8.89. The summed E-state index contributed by atoms with van der Waals surface area (Å²) in [7, 11) is 0. The molecule has 1 aliphatic rings. The zero-order chi connectivity index (χ0) is 25.7. The van der Waals surface area contributed by atoms with E-state index in [-0.39, 0.29) is 13.2 Å². The summed E-state index contributed by atoms with van der Waals surface area (Å²) in [5.41, 5.74) is 0. The summed E-state index contributed by atoms with van der Waals surface area (Å²) in [6, 6.07) is 6.99. The number of aliphatic hydroxyl groups excluding tert-OH is 1. The maximum Gasteiger partial charge on any atom is 0.303 e. The van der Waals surface area contributed by atoms with Gasteiger partial charge < -0.3 is 33.5 Å². The Balaban J connectivity index is 2.03. The van der Waals surface area contributed by atoms with Crippen LogP contribution in [0.25, 0.3) is 10.1 Å². The van der Waals surface area contributed by atoms with Crippen molar-refractivity contribution in [2.75, 3.05) is 6.61 Å². The van der Waals surface area contributed by atoms with Crippen LogP contribution in [0.4, 0.5) is 0 Å². The zero-order valence-corrected chi connectivity index (χ0v) is 20.4. The van der Waals surface area contributed by atoms with Crippen molar-refractivity contribution in [2.24, 2.45) is 0 Å². The van der Waals surface area contributed by atoms with Crippen molar-refractivity contribution in [1.82, 2.24) is 0 Å². The zero-order valence-electron chi connectivity index (χ0n) is 19.5. The van der Waals surface area contributed by atoms with E-state index in [1.165, 1.54) is 18.3 Å². The molecule has 1 N–H and O–H groups in total. The Kier molecular flexibility index (Phi) is 8.65. The molecule has 1 saturated heterocycles. The number of carbonyl (C=O) groups excluding carboxylic acids is 4. The second kappa shape index (κ2) is 11.5. The number of ether oxygens (including phenoxy) is 6. The molecule has 1 aromatic carbocycles. The van der Waals surface area contributed by atoms with Gasteiger partial charge in [-0.3, -0.25) is 19.2 Å². The number of fused-ring (bicyclic) bond motifs is 1. The average molecular weight is 511 g/mol.